The highest BCUT2D eigenvalue weighted by atomic mass is 16.4. The number of carbonyl (C=O) groups excluding carboxylic acids is 1. The molecular weight excluding hydrogens is 248 g/mol. The third-order valence-electron chi connectivity index (χ3n) is 3.78. The zero-order chi connectivity index (χ0) is 14.4. The summed E-state index contributed by atoms with van der Waals surface area (Å²) in [5.41, 5.74) is 0. The van der Waals surface area contributed by atoms with E-state index in [-0.39, 0.29) is 25.2 Å². The molecule has 0 spiro atoms. The highest BCUT2D eigenvalue weighted by Crippen LogP contribution is 2.20. The van der Waals surface area contributed by atoms with E-state index in [1.165, 1.54) is 0 Å². The second kappa shape index (κ2) is 7.33. The Morgan fingerprint density at radius 1 is 1.37 bits per heavy atom. The Hall–Kier alpha value is -1.30. The molecule has 0 bridgehead atoms. The lowest BCUT2D eigenvalue weighted by Gasteiger charge is -2.33. The molecule has 110 valence electrons. The molecule has 1 aliphatic heterocycles. The van der Waals surface area contributed by atoms with Crippen LogP contribution in [0.1, 0.15) is 33.1 Å². The highest BCUT2D eigenvalue weighted by Gasteiger charge is 2.34. The molecule has 1 rings (SSSR count). The number of likely N-dealkylation sites (tertiary alicyclic amines) is 1. The maximum Gasteiger partial charge on any atom is 0.320 e. The number of rotatable bonds is 6. The molecule has 1 unspecified atom stereocenters. The minimum absolute atomic E-state index is 0.0710. The number of carbonyl (C=O) groups is 2. The van der Waals surface area contributed by atoms with E-state index in [4.69, 9.17) is 10.2 Å². The standard InChI is InChI=1S/C13H24N2O4/c1-3-11(4-2)15(7-8-16)13(19)14-6-5-10(9-14)12(17)18/h10-11,16H,3-9H2,1-2H3,(H,17,18). The summed E-state index contributed by atoms with van der Waals surface area (Å²) in [6, 6.07) is -0.0463. The number of aliphatic hydroxyl groups excluding tert-OH is 1. The van der Waals surface area contributed by atoms with Gasteiger partial charge in [0.15, 0.2) is 0 Å². The van der Waals surface area contributed by atoms with E-state index in [0.717, 1.165) is 12.8 Å². The molecule has 0 aliphatic carbocycles. The van der Waals surface area contributed by atoms with E-state index in [0.29, 0.717) is 19.5 Å². The zero-order valence-corrected chi connectivity index (χ0v) is 11.7. The van der Waals surface area contributed by atoms with Crippen molar-refractivity contribution in [1.82, 2.24) is 9.80 Å². The summed E-state index contributed by atoms with van der Waals surface area (Å²) < 4.78 is 0. The number of hydrogen-bond acceptors (Lipinski definition) is 3. The Bertz CT molecular complexity index is 318. The van der Waals surface area contributed by atoms with Crippen LogP contribution in [0.3, 0.4) is 0 Å². The quantitative estimate of drug-likeness (QED) is 0.755. The van der Waals surface area contributed by atoms with Gasteiger partial charge in [-0.15, -0.1) is 0 Å². The normalized spacial score (nSPS) is 18.9. The van der Waals surface area contributed by atoms with Gasteiger partial charge in [-0.05, 0) is 19.3 Å². The van der Waals surface area contributed by atoms with Crippen LogP contribution in [0.2, 0.25) is 0 Å². The van der Waals surface area contributed by atoms with E-state index in [9.17, 15) is 9.59 Å². The molecule has 1 aliphatic rings. The van der Waals surface area contributed by atoms with Gasteiger partial charge in [0, 0.05) is 25.7 Å². The molecule has 0 aromatic heterocycles. The maximum absolute atomic E-state index is 12.4. The summed E-state index contributed by atoms with van der Waals surface area (Å²) in [4.78, 5) is 26.6. The first-order valence-electron chi connectivity index (χ1n) is 6.94. The summed E-state index contributed by atoms with van der Waals surface area (Å²) in [5, 5.41) is 18.1. The average Bonchev–Trinajstić information content (AvgIpc) is 2.88. The molecule has 0 radical (unpaired) electrons. The van der Waals surface area contributed by atoms with E-state index < -0.39 is 11.9 Å². The number of aliphatic carboxylic acids is 1. The Kier molecular flexibility index (Phi) is 6.08. The van der Waals surface area contributed by atoms with Gasteiger partial charge in [-0.2, -0.15) is 0 Å². The molecule has 1 atom stereocenters. The van der Waals surface area contributed by atoms with Gasteiger partial charge in [-0.1, -0.05) is 13.8 Å². The Morgan fingerprint density at radius 3 is 2.42 bits per heavy atom. The molecule has 0 aromatic rings. The van der Waals surface area contributed by atoms with Gasteiger partial charge >= 0.3 is 12.0 Å². The Balaban J connectivity index is 2.69. The highest BCUT2D eigenvalue weighted by molar-refractivity contribution is 5.77. The lowest BCUT2D eigenvalue weighted by atomic mass is 10.1. The van der Waals surface area contributed by atoms with Gasteiger partial charge in [-0.3, -0.25) is 4.79 Å². The van der Waals surface area contributed by atoms with E-state index >= 15 is 0 Å². The number of carboxylic acids is 1. The minimum atomic E-state index is -0.841. The van der Waals surface area contributed by atoms with Crippen molar-refractivity contribution in [2.24, 2.45) is 5.92 Å². The molecule has 1 heterocycles. The van der Waals surface area contributed by atoms with Gasteiger partial charge in [-0.25, -0.2) is 4.79 Å². The maximum atomic E-state index is 12.4. The van der Waals surface area contributed by atoms with Crippen molar-refractivity contribution in [3.63, 3.8) is 0 Å². The summed E-state index contributed by atoms with van der Waals surface area (Å²) in [5.74, 6) is -1.30. The smallest absolute Gasteiger partial charge is 0.320 e. The van der Waals surface area contributed by atoms with Crippen LogP contribution in [0, 0.1) is 5.92 Å². The van der Waals surface area contributed by atoms with E-state index in [1.54, 1.807) is 9.80 Å². The summed E-state index contributed by atoms with van der Waals surface area (Å²) >= 11 is 0. The molecular formula is C13H24N2O4. The third kappa shape index (κ3) is 3.83. The largest absolute Gasteiger partial charge is 0.481 e. The zero-order valence-electron chi connectivity index (χ0n) is 11.7. The first-order chi connectivity index (χ1) is 9.04. The van der Waals surface area contributed by atoms with Crippen molar-refractivity contribution < 1.29 is 19.8 Å². The van der Waals surface area contributed by atoms with Gasteiger partial charge in [0.25, 0.3) is 0 Å². The summed E-state index contributed by atoms with van der Waals surface area (Å²) in [6.45, 7) is 5.01. The van der Waals surface area contributed by atoms with Crippen LogP contribution in [-0.2, 0) is 4.79 Å². The topological polar surface area (TPSA) is 81.1 Å². The monoisotopic (exact) mass is 272 g/mol. The molecule has 1 fully saturated rings. The van der Waals surface area contributed by atoms with Crippen LogP contribution in [0.15, 0.2) is 0 Å². The Labute approximate surface area is 114 Å². The first-order valence-corrected chi connectivity index (χ1v) is 6.94. The van der Waals surface area contributed by atoms with Crippen molar-refractivity contribution in [1.29, 1.82) is 0 Å². The number of hydrogen-bond donors (Lipinski definition) is 2. The molecule has 6 nitrogen and oxygen atoms in total. The van der Waals surface area contributed by atoms with Crippen molar-refractivity contribution in [3.8, 4) is 0 Å². The second-order valence-corrected chi connectivity index (χ2v) is 4.94. The average molecular weight is 272 g/mol. The SMILES string of the molecule is CCC(CC)N(CCO)C(=O)N1CCC(C(=O)O)C1. The molecule has 19 heavy (non-hydrogen) atoms. The van der Waals surface area contributed by atoms with Crippen LogP contribution in [0.4, 0.5) is 4.79 Å². The first kappa shape index (κ1) is 15.8. The number of nitrogens with zero attached hydrogens (tertiary/aromatic N) is 2. The number of amides is 2. The van der Waals surface area contributed by atoms with Gasteiger partial charge in [0.2, 0.25) is 0 Å². The fraction of sp³-hybridized carbons (Fsp3) is 0.846. The number of carboxylic acid groups (broad SMARTS) is 1. The molecule has 0 saturated carbocycles. The van der Waals surface area contributed by atoms with Gasteiger partial charge in [0.1, 0.15) is 0 Å². The van der Waals surface area contributed by atoms with Crippen LogP contribution in [0.5, 0.6) is 0 Å². The summed E-state index contributed by atoms with van der Waals surface area (Å²) in [7, 11) is 0. The van der Waals surface area contributed by atoms with Gasteiger partial charge in [0.05, 0.1) is 12.5 Å². The molecule has 2 amide bonds. The van der Waals surface area contributed by atoms with Gasteiger partial charge < -0.3 is 20.0 Å². The predicted molar refractivity (Wildman–Crippen MR) is 70.9 cm³/mol. The van der Waals surface area contributed by atoms with E-state index in [1.807, 2.05) is 13.8 Å². The van der Waals surface area contributed by atoms with Crippen molar-refractivity contribution >= 4 is 12.0 Å². The third-order valence-corrected chi connectivity index (χ3v) is 3.78. The second-order valence-electron chi connectivity index (χ2n) is 4.94. The fourth-order valence-corrected chi connectivity index (χ4v) is 2.59. The minimum Gasteiger partial charge on any atom is -0.481 e. The van der Waals surface area contributed by atoms with E-state index in [2.05, 4.69) is 0 Å². The molecule has 1 saturated heterocycles. The molecule has 6 heteroatoms. The fourth-order valence-electron chi connectivity index (χ4n) is 2.59. The predicted octanol–water partition coefficient (Wildman–Crippen LogP) is 0.996. The van der Waals surface area contributed by atoms with Crippen LogP contribution < -0.4 is 0 Å². The summed E-state index contributed by atoms with van der Waals surface area (Å²) in [6.07, 6.45) is 2.17. The van der Waals surface area contributed by atoms with Crippen LogP contribution in [0.25, 0.3) is 0 Å². The molecule has 2 N–H and O–H groups in total. The lowest BCUT2D eigenvalue weighted by molar-refractivity contribution is -0.141. The Morgan fingerprint density at radius 2 is 2.00 bits per heavy atom. The number of aliphatic hydroxyl groups is 1. The van der Waals surface area contributed by atoms with Crippen LogP contribution >= 0.6 is 0 Å². The van der Waals surface area contributed by atoms with Crippen molar-refractivity contribution in [2.75, 3.05) is 26.2 Å². The lowest BCUT2D eigenvalue weighted by Crippen LogP contribution is -2.48. The van der Waals surface area contributed by atoms with Crippen molar-refractivity contribution in [3.05, 3.63) is 0 Å². The number of urea groups is 1. The van der Waals surface area contributed by atoms with Crippen molar-refractivity contribution in [2.45, 2.75) is 39.2 Å². The van der Waals surface area contributed by atoms with Crippen LogP contribution in [-0.4, -0.2) is 64.3 Å². The molecule has 0 aromatic carbocycles.